The molecule has 1 aliphatic rings. The van der Waals surface area contributed by atoms with E-state index in [1.807, 2.05) is 66.7 Å². The van der Waals surface area contributed by atoms with Gasteiger partial charge in [0.05, 0.1) is 25.4 Å². The Labute approximate surface area is 178 Å². The first-order valence-corrected chi connectivity index (χ1v) is 10.3. The molecule has 152 valence electrons. The largest absolute Gasteiger partial charge is 0.369 e. The fraction of sp³-hybridized carbons (Fsp3) is 0.269. The molecule has 30 heavy (non-hydrogen) atoms. The predicted octanol–water partition coefficient (Wildman–Crippen LogP) is 4.57. The van der Waals surface area contributed by atoms with E-state index in [2.05, 4.69) is 35.2 Å². The van der Waals surface area contributed by atoms with Gasteiger partial charge in [0, 0.05) is 13.1 Å². The summed E-state index contributed by atoms with van der Waals surface area (Å²) >= 11 is 0. The van der Waals surface area contributed by atoms with Gasteiger partial charge in [-0.05, 0) is 16.7 Å². The molecule has 4 heteroatoms. The Bertz CT molecular complexity index is 941. The summed E-state index contributed by atoms with van der Waals surface area (Å²) in [5.74, 6) is 0. The van der Waals surface area contributed by atoms with Crippen LogP contribution in [0.5, 0.6) is 0 Å². The molecule has 0 amide bonds. The van der Waals surface area contributed by atoms with Gasteiger partial charge in [0.25, 0.3) is 0 Å². The highest BCUT2D eigenvalue weighted by Crippen LogP contribution is 2.27. The molecule has 1 fully saturated rings. The standard InChI is InChI=1S/C26H26N2O2/c27-16-24-26(30-20-23-14-8-3-9-15-23)25(29-19-22-12-6-2-7-13-22)18-28(24)17-21-10-4-1-5-11-21/h1-15,24-26H,17-20H2/t24?,25-,26-/m1/s1. The molecule has 1 heterocycles. The minimum Gasteiger partial charge on any atom is -0.369 e. The second-order valence-electron chi connectivity index (χ2n) is 7.59. The normalized spacial score (nSPS) is 21.4. The lowest BCUT2D eigenvalue weighted by Crippen LogP contribution is -2.37. The number of nitrogens with zero attached hydrogens (tertiary/aromatic N) is 2. The van der Waals surface area contributed by atoms with Crippen molar-refractivity contribution in [3.8, 4) is 6.07 Å². The fourth-order valence-corrected chi connectivity index (χ4v) is 3.89. The van der Waals surface area contributed by atoms with Gasteiger partial charge in [0.1, 0.15) is 12.1 Å². The summed E-state index contributed by atoms with van der Waals surface area (Å²) < 4.78 is 12.5. The summed E-state index contributed by atoms with van der Waals surface area (Å²) in [5.41, 5.74) is 3.40. The van der Waals surface area contributed by atoms with E-state index >= 15 is 0 Å². The number of hydrogen-bond acceptors (Lipinski definition) is 4. The van der Waals surface area contributed by atoms with Crippen LogP contribution in [0.4, 0.5) is 0 Å². The number of nitriles is 1. The molecule has 0 N–H and O–H groups in total. The van der Waals surface area contributed by atoms with Crippen LogP contribution >= 0.6 is 0 Å². The molecule has 3 aromatic carbocycles. The van der Waals surface area contributed by atoms with Crippen LogP contribution in [0.25, 0.3) is 0 Å². The average Bonchev–Trinajstić information content (AvgIpc) is 3.14. The maximum atomic E-state index is 9.96. The number of hydrogen-bond donors (Lipinski definition) is 0. The van der Waals surface area contributed by atoms with Crippen molar-refractivity contribution in [1.82, 2.24) is 4.90 Å². The van der Waals surface area contributed by atoms with E-state index in [0.29, 0.717) is 26.3 Å². The third-order valence-electron chi connectivity index (χ3n) is 5.44. The molecule has 3 atom stereocenters. The smallest absolute Gasteiger partial charge is 0.127 e. The van der Waals surface area contributed by atoms with Crippen LogP contribution in [-0.2, 0) is 29.2 Å². The van der Waals surface area contributed by atoms with Crippen molar-refractivity contribution in [3.05, 3.63) is 108 Å². The maximum absolute atomic E-state index is 9.96. The quantitative estimate of drug-likeness (QED) is 0.558. The molecule has 1 saturated heterocycles. The van der Waals surface area contributed by atoms with Crippen LogP contribution in [0, 0.1) is 11.3 Å². The Morgan fingerprint density at radius 1 is 0.733 bits per heavy atom. The number of likely N-dealkylation sites (tertiary alicyclic amines) is 1. The van der Waals surface area contributed by atoms with Gasteiger partial charge in [-0.1, -0.05) is 91.0 Å². The minimum atomic E-state index is -0.352. The van der Waals surface area contributed by atoms with Crippen molar-refractivity contribution in [2.75, 3.05) is 6.54 Å². The van der Waals surface area contributed by atoms with Gasteiger partial charge >= 0.3 is 0 Å². The molecule has 0 aromatic heterocycles. The highest BCUT2D eigenvalue weighted by Gasteiger charge is 2.43. The van der Waals surface area contributed by atoms with Crippen LogP contribution in [0.3, 0.4) is 0 Å². The van der Waals surface area contributed by atoms with Crippen LogP contribution in [0.2, 0.25) is 0 Å². The first-order chi connectivity index (χ1) is 14.8. The zero-order chi connectivity index (χ0) is 20.6. The monoisotopic (exact) mass is 398 g/mol. The zero-order valence-electron chi connectivity index (χ0n) is 16.9. The van der Waals surface area contributed by atoms with Gasteiger partial charge < -0.3 is 9.47 Å². The Hall–Kier alpha value is -2.97. The van der Waals surface area contributed by atoms with E-state index in [1.54, 1.807) is 0 Å². The second-order valence-corrected chi connectivity index (χ2v) is 7.59. The third kappa shape index (κ3) is 5.14. The minimum absolute atomic E-state index is 0.165. The fourth-order valence-electron chi connectivity index (χ4n) is 3.89. The summed E-state index contributed by atoms with van der Waals surface area (Å²) in [6.07, 6.45) is -0.468. The summed E-state index contributed by atoms with van der Waals surface area (Å²) in [5, 5.41) is 9.96. The lowest BCUT2D eigenvalue weighted by atomic mass is 10.1. The molecule has 0 saturated carbocycles. The highest BCUT2D eigenvalue weighted by atomic mass is 16.5. The molecule has 0 aliphatic carbocycles. The van der Waals surface area contributed by atoms with Crippen LogP contribution in [0.1, 0.15) is 16.7 Å². The summed E-state index contributed by atoms with van der Waals surface area (Å²) in [6.45, 7) is 2.34. The average molecular weight is 399 g/mol. The lowest BCUT2D eigenvalue weighted by Gasteiger charge is -2.23. The first kappa shape index (κ1) is 20.3. The van der Waals surface area contributed by atoms with Gasteiger partial charge in [-0.2, -0.15) is 5.26 Å². The predicted molar refractivity (Wildman–Crippen MR) is 116 cm³/mol. The third-order valence-corrected chi connectivity index (χ3v) is 5.44. The van der Waals surface area contributed by atoms with Crippen LogP contribution in [0.15, 0.2) is 91.0 Å². The van der Waals surface area contributed by atoms with Crippen LogP contribution in [-0.4, -0.2) is 29.7 Å². The van der Waals surface area contributed by atoms with Crippen molar-refractivity contribution in [1.29, 1.82) is 5.26 Å². The van der Waals surface area contributed by atoms with Crippen molar-refractivity contribution in [2.24, 2.45) is 0 Å². The van der Waals surface area contributed by atoms with Gasteiger partial charge in [-0.15, -0.1) is 0 Å². The van der Waals surface area contributed by atoms with Gasteiger partial charge in [-0.25, -0.2) is 0 Å². The van der Waals surface area contributed by atoms with E-state index < -0.39 is 0 Å². The first-order valence-electron chi connectivity index (χ1n) is 10.3. The number of rotatable bonds is 8. The Balaban J connectivity index is 1.48. The zero-order valence-corrected chi connectivity index (χ0v) is 16.9. The van der Waals surface area contributed by atoms with E-state index in [0.717, 1.165) is 11.1 Å². The van der Waals surface area contributed by atoms with Crippen molar-refractivity contribution in [3.63, 3.8) is 0 Å². The number of ether oxygens (including phenoxy) is 2. The topological polar surface area (TPSA) is 45.5 Å². The molecule has 0 radical (unpaired) electrons. The second kappa shape index (κ2) is 10.2. The van der Waals surface area contributed by atoms with Gasteiger partial charge in [0.2, 0.25) is 0 Å². The molecule has 3 aromatic rings. The van der Waals surface area contributed by atoms with Crippen molar-refractivity contribution < 1.29 is 9.47 Å². The molecule has 4 nitrogen and oxygen atoms in total. The van der Waals surface area contributed by atoms with Gasteiger partial charge in [0.15, 0.2) is 0 Å². The van der Waals surface area contributed by atoms with E-state index in [9.17, 15) is 5.26 Å². The Morgan fingerprint density at radius 2 is 1.23 bits per heavy atom. The maximum Gasteiger partial charge on any atom is 0.127 e. The molecule has 4 rings (SSSR count). The SMILES string of the molecule is N#CC1[C@@H](OCc2ccccc2)[C@H](OCc2ccccc2)CN1Cc1ccccc1. The number of benzene rings is 3. The molecule has 1 aliphatic heterocycles. The molecule has 0 bridgehead atoms. The van der Waals surface area contributed by atoms with E-state index in [4.69, 9.17) is 9.47 Å². The summed E-state index contributed by atoms with van der Waals surface area (Å²) in [7, 11) is 0. The molecular weight excluding hydrogens is 372 g/mol. The molecule has 0 spiro atoms. The van der Waals surface area contributed by atoms with Crippen molar-refractivity contribution >= 4 is 0 Å². The van der Waals surface area contributed by atoms with E-state index in [1.165, 1.54) is 5.56 Å². The summed E-state index contributed by atoms with van der Waals surface area (Å²) in [6, 6.07) is 32.6. The highest BCUT2D eigenvalue weighted by molar-refractivity contribution is 5.18. The van der Waals surface area contributed by atoms with E-state index in [-0.39, 0.29) is 18.2 Å². The summed E-state index contributed by atoms with van der Waals surface area (Å²) in [4.78, 5) is 2.17. The Morgan fingerprint density at radius 3 is 1.77 bits per heavy atom. The van der Waals surface area contributed by atoms with Gasteiger partial charge in [-0.3, -0.25) is 4.90 Å². The Kier molecular flexibility index (Phi) is 6.89. The lowest BCUT2D eigenvalue weighted by molar-refractivity contribution is -0.0653. The molecule has 1 unspecified atom stereocenters. The van der Waals surface area contributed by atoms with Crippen LogP contribution < -0.4 is 0 Å². The molecular formula is C26H26N2O2. The van der Waals surface area contributed by atoms with Crippen molar-refractivity contribution in [2.45, 2.75) is 38.0 Å².